The van der Waals surface area contributed by atoms with Gasteiger partial charge in [0.25, 0.3) is 5.69 Å². The van der Waals surface area contributed by atoms with Crippen LogP contribution >= 0.6 is 11.6 Å². The molecule has 22 heavy (non-hydrogen) atoms. The quantitative estimate of drug-likeness (QED) is 0.675. The monoisotopic (exact) mass is 320 g/mol. The highest BCUT2D eigenvalue weighted by Gasteiger charge is 2.17. The van der Waals surface area contributed by atoms with Crippen molar-refractivity contribution < 1.29 is 14.5 Å². The Morgan fingerprint density at radius 2 is 2.05 bits per heavy atom. The number of hydrogen-bond acceptors (Lipinski definition) is 4. The Bertz CT molecular complexity index is 746. The van der Waals surface area contributed by atoms with Crippen molar-refractivity contribution in [1.82, 2.24) is 0 Å². The van der Waals surface area contributed by atoms with E-state index in [1.807, 2.05) is 13.0 Å². The van der Waals surface area contributed by atoms with Gasteiger partial charge in [0.2, 0.25) is 5.91 Å². The van der Waals surface area contributed by atoms with Crippen LogP contribution in [0.2, 0.25) is 5.02 Å². The Morgan fingerprint density at radius 3 is 2.68 bits per heavy atom. The number of amides is 1. The lowest BCUT2D eigenvalue weighted by Crippen LogP contribution is -2.12. The second-order valence-corrected chi connectivity index (χ2v) is 5.09. The van der Waals surface area contributed by atoms with E-state index >= 15 is 0 Å². The number of carbonyl (C=O) groups is 1. The maximum absolute atomic E-state index is 11.1. The van der Waals surface area contributed by atoms with Crippen LogP contribution in [0.5, 0.6) is 5.75 Å². The number of nitrogens with zero attached hydrogens (tertiary/aromatic N) is 1. The predicted octanol–water partition coefficient (Wildman–Crippen LogP) is 3.23. The number of hydrogen-bond donors (Lipinski definition) is 1. The Kier molecular flexibility index (Phi) is 4.62. The summed E-state index contributed by atoms with van der Waals surface area (Å²) in [6, 6.07) is 9.27. The van der Waals surface area contributed by atoms with Crippen molar-refractivity contribution in [3.05, 3.63) is 68.2 Å². The average Bonchev–Trinajstić information content (AvgIpc) is 2.47. The molecule has 0 radical (unpaired) electrons. The largest absolute Gasteiger partial charge is 0.487 e. The molecule has 0 aromatic heterocycles. The maximum Gasteiger partial charge on any atom is 0.276 e. The van der Waals surface area contributed by atoms with E-state index in [1.54, 1.807) is 12.1 Å². The number of rotatable bonds is 5. The topological polar surface area (TPSA) is 95.5 Å². The second kappa shape index (κ2) is 6.44. The fourth-order valence-electron chi connectivity index (χ4n) is 1.89. The fraction of sp³-hybridized carbons (Fsp3) is 0.133. The van der Waals surface area contributed by atoms with E-state index in [1.165, 1.54) is 12.1 Å². The Balaban J connectivity index is 2.27. The molecule has 0 bridgehead atoms. The first-order valence-corrected chi connectivity index (χ1v) is 6.72. The highest BCUT2D eigenvalue weighted by Crippen LogP contribution is 2.28. The molecule has 2 aromatic rings. The molecule has 0 spiro atoms. The zero-order chi connectivity index (χ0) is 16.3. The minimum Gasteiger partial charge on any atom is -0.487 e. The van der Waals surface area contributed by atoms with Crippen molar-refractivity contribution in [1.29, 1.82) is 0 Å². The van der Waals surface area contributed by atoms with E-state index in [9.17, 15) is 14.9 Å². The first-order chi connectivity index (χ1) is 10.4. The number of aryl methyl sites for hydroxylation is 1. The minimum atomic E-state index is -0.725. The lowest BCUT2D eigenvalue weighted by molar-refractivity contribution is -0.385. The van der Waals surface area contributed by atoms with E-state index in [2.05, 4.69) is 0 Å². The molecule has 2 aromatic carbocycles. The third-order valence-electron chi connectivity index (χ3n) is 3.04. The molecule has 2 rings (SSSR count). The summed E-state index contributed by atoms with van der Waals surface area (Å²) in [6.07, 6.45) is 0. The van der Waals surface area contributed by atoms with Crippen LogP contribution in [-0.4, -0.2) is 10.8 Å². The molecule has 0 atom stereocenters. The van der Waals surface area contributed by atoms with Gasteiger partial charge < -0.3 is 10.5 Å². The SMILES string of the molecule is Cc1ccc(Cl)c(OCc2ccc(C(N)=O)cc2[N+](=O)[O-])c1. The van der Waals surface area contributed by atoms with Crippen molar-refractivity contribution in [3.63, 3.8) is 0 Å². The molecule has 7 heteroatoms. The summed E-state index contributed by atoms with van der Waals surface area (Å²) in [5.74, 6) is -0.285. The van der Waals surface area contributed by atoms with E-state index in [4.69, 9.17) is 22.1 Å². The summed E-state index contributed by atoms with van der Waals surface area (Å²) in [6.45, 7) is 1.84. The van der Waals surface area contributed by atoms with Gasteiger partial charge in [-0.25, -0.2) is 0 Å². The van der Waals surface area contributed by atoms with Crippen LogP contribution in [0.15, 0.2) is 36.4 Å². The van der Waals surface area contributed by atoms with Crippen molar-refractivity contribution >= 4 is 23.2 Å². The molecule has 114 valence electrons. The van der Waals surface area contributed by atoms with E-state index in [0.717, 1.165) is 11.6 Å². The number of primary amides is 1. The third kappa shape index (κ3) is 3.53. The predicted molar refractivity (Wildman–Crippen MR) is 82.1 cm³/mol. The van der Waals surface area contributed by atoms with Crippen LogP contribution < -0.4 is 10.5 Å². The standard InChI is InChI=1S/C15H13ClN2O4/c1-9-2-5-12(16)14(6-9)22-8-11-4-3-10(15(17)19)7-13(11)18(20)21/h2-7H,8H2,1H3,(H2,17,19). The molecule has 0 aliphatic rings. The van der Waals surface area contributed by atoms with E-state index in [-0.39, 0.29) is 17.9 Å². The van der Waals surface area contributed by atoms with Gasteiger partial charge in [-0.3, -0.25) is 14.9 Å². The van der Waals surface area contributed by atoms with Crippen LogP contribution in [-0.2, 0) is 6.61 Å². The van der Waals surface area contributed by atoms with Crippen LogP contribution in [0.1, 0.15) is 21.5 Å². The number of nitro benzene ring substituents is 1. The van der Waals surface area contributed by atoms with Gasteiger partial charge in [0.1, 0.15) is 12.4 Å². The van der Waals surface area contributed by atoms with Crippen LogP contribution in [0.3, 0.4) is 0 Å². The van der Waals surface area contributed by atoms with Gasteiger partial charge in [0.15, 0.2) is 0 Å². The van der Waals surface area contributed by atoms with Crippen molar-refractivity contribution in [2.75, 3.05) is 0 Å². The Labute approximate surface area is 131 Å². The number of carbonyl (C=O) groups excluding carboxylic acids is 1. The van der Waals surface area contributed by atoms with Gasteiger partial charge in [-0.2, -0.15) is 0 Å². The molecule has 0 saturated heterocycles. The maximum atomic E-state index is 11.1. The molecule has 0 saturated carbocycles. The van der Waals surface area contributed by atoms with Gasteiger partial charge in [0, 0.05) is 11.6 Å². The lowest BCUT2D eigenvalue weighted by atomic mass is 10.1. The number of halogens is 1. The second-order valence-electron chi connectivity index (χ2n) is 4.69. The van der Waals surface area contributed by atoms with Gasteiger partial charge >= 0.3 is 0 Å². The zero-order valence-electron chi connectivity index (χ0n) is 11.7. The smallest absolute Gasteiger partial charge is 0.276 e. The summed E-state index contributed by atoms with van der Waals surface area (Å²) in [4.78, 5) is 21.6. The first kappa shape index (κ1) is 15.8. The van der Waals surface area contributed by atoms with Gasteiger partial charge in [-0.05, 0) is 36.8 Å². The van der Waals surface area contributed by atoms with E-state index < -0.39 is 10.8 Å². The number of nitrogens with two attached hydrogens (primary N) is 1. The van der Waals surface area contributed by atoms with Gasteiger partial charge in [-0.15, -0.1) is 0 Å². The van der Waals surface area contributed by atoms with Crippen LogP contribution in [0.4, 0.5) is 5.69 Å². The van der Waals surface area contributed by atoms with Crippen LogP contribution in [0.25, 0.3) is 0 Å². The van der Waals surface area contributed by atoms with E-state index in [0.29, 0.717) is 16.3 Å². The fourth-order valence-corrected chi connectivity index (χ4v) is 2.06. The molecule has 0 heterocycles. The zero-order valence-corrected chi connectivity index (χ0v) is 12.5. The molecule has 0 aliphatic heterocycles. The first-order valence-electron chi connectivity index (χ1n) is 6.34. The molecule has 2 N–H and O–H groups in total. The minimum absolute atomic E-state index is 0.0431. The van der Waals surface area contributed by atoms with Gasteiger partial charge in [0.05, 0.1) is 15.5 Å². The molecule has 1 amide bonds. The van der Waals surface area contributed by atoms with Gasteiger partial charge in [-0.1, -0.05) is 17.7 Å². The number of nitro groups is 1. The molecular weight excluding hydrogens is 308 g/mol. The molecular formula is C15H13ClN2O4. The highest BCUT2D eigenvalue weighted by atomic mass is 35.5. The number of ether oxygens (including phenoxy) is 1. The van der Waals surface area contributed by atoms with Crippen molar-refractivity contribution in [3.8, 4) is 5.75 Å². The van der Waals surface area contributed by atoms with Crippen molar-refractivity contribution in [2.45, 2.75) is 13.5 Å². The molecule has 6 nitrogen and oxygen atoms in total. The molecule has 0 aliphatic carbocycles. The summed E-state index contributed by atoms with van der Waals surface area (Å²) in [7, 11) is 0. The lowest BCUT2D eigenvalue weighted by Gasteiger charge is -2.09. The summed E-state index contributed by atoms with van der Waals surface area (Å²) in [5, 5.41) is 11.5. The average molecular weight is 321 g/mol. The Hall–Kier alpha value is -2.60. The molecule has 0 unspecified atom stereocenters. The van der Waals surface area contributed by atoms with Crippen LogP contribution in [0, 0.1) is 17.0 Å². The molecule has 0 fully saturated rings. The summed E-state index contributed by atoms with van der Waals surface area (Å²) in [5.41, 5.74) is 6.26. The van der Waals surface area contributed by atoms with Crippen molar-refractivity contribution in [2.24, 2.45) is 5.73 Å². The highest BCUT2D eigenvalue weighted by molar-refractivity contribution is 6.32. The normalized spacial score (nSPS) is 10.3. The Morgan fingerprint density at radius 1 is 1.32 bits per heavy atom. The number of benzene rings is 2. The summed E-state index contributed by atoms with van der Waals surface area (Å²) < 4.78 is 5.54. The summed E-state index contributed by atoms with van der Waals surface area (Å²) >= 11 is 6.01. The third-order valence-corrected chi connectivity index (χ3v) is 3.35.